The van der Waals surface area contributed by atoms with Crippen LogP contribution in [0.2, 0.25) is 5.02 Å². The van der Waals surface area contributed by atoms with E-state index in [-0.39, 0.29) is 4.90 Å². The van der Waals surface area contributed by atoms with Crippen LogP contribution in [0.25, 0.3) is 0 Å². The van der Waals surface area contributed by atoms with Crippen molar-refractivity contribution in [2.45, 2.75) is 17.4 Å². The van der Waals surface area contributed by atoms with Crippen LogP contribution in [0.3, 0.4) is 0 Å². The van der Waals surface area contributed by atoms with Gasteiger partial charge in [-0.05, 0) is 11.6 Å². The minimum Gasteiger partial charge on any atom is -0.481 e. The zero-order chi connectivity index (χ0) is 16.3. The molecule has 1 atom stereocenters. The Balaban J connectivity index is 2.35. The molecule has 0 saturated heterocycles. The number of hydrogen-bond acceptors (Lipinski definition) is 4. The molecule has 1 heterocycles. The predicted molar refractivity (Wildman–Crippen MR) is 80.0 cm³/mol. The van der Waals surface area contributed by atoms with E-state index in [9.17, 15) is 13.2 Å². The van der Waals surface area contributed by atoms with Gasteiger partial charge < -0.3 is 5.11 Å². The molecule has 1 aromatic heterocycles. The van der Waals surface area contributed by atoms with E-state index < -0.39 is 28.5 Å². The van der Waals surface area contributed by atoms with Gasteiger partial charge in [0, 0.05) is 18.3 Å². The summed E-state index contributed by atoms with van der Waals surface area (Å²) in [6.07, 6.45) is 2.09. The second kappa shape index (κ2) is 6.47. The molecule has 0 unspecified atom stereocenters. The van der Waals surface area contributed by atoms with Gasteiger partial charge in [0.25, 0.3) is 0 Å². The van der Waals surface area contributed by atoms with Crippen LogP contribution in [-0.2, 0) is 21.9 Å². The lowest BCUT2D eigenvalue weighted by atomic mass is 10.1. The summed E-state index contributed by atoms with van der Waals surface area (Å²) in [5, 5.41) is 13.1. The molecule has 9 heteroatoms. The Morgan fingerprint density at radius 1 is 1.45 bits per heavy atom. The highest BCUT2D eigenvalue weighted by atomic mass is 35.5. The number of carboxylic acids is 1. The fraction of sp³-hybridized carbons (Fsp3) is 0.231. The molecule has 0 radical (unpaired) electrons. The standard InChI is InChI=1S/C13H14ClN3O4S/c1-17-8-9(7-15-17)22(20,21)16-12(6-13(18)19)10-4-2-3-5-11(10)14/h2-5,7-8,12,16H,6H2,1H3,(H,18,19)/t12-/m1/s1. The van der Waals surface area contributed by atoms with Crippen LogP contribution >= 0.6 is 11.6 Å². The molecule has 2 N–H and O–H groups in total. The number of aromatic nitrogens is 2. The van der Waals surface area contributed by atoms with Crippen LogP contribution in [0.15, 0.2) is 41.6 Å². The molecule has 0 fully saturated rings. The molecule has 0 aliphatic heterocycles. The topological polar surface area (TPSA) is 101 Å². The Labute approximate surface area is 132 Å². The first-order valence-electron chi connectivity index (χ1n) is 6.27. The van der Waals surface area contributed by atoms with E-state index in [4.69, 9.17) is 16.7 Å². The second-order valence-electron chi connectivity index (χ2n) is 4.64. The molecule has 2 aromatic rings. The van der Waals surface area contributed by atoms with E-state index in [1.807, 2.05) is 0 Å². The maximum atomic E-state index is 12.3. The van der Waals surface area contributed by atoms with Crippen LogP contribution in [0, 0.1) is 0 Å². The molecule has 22 heavy (non-hydrogen) atoms. The third-order valence-electron chi connectivity index (χ3n) is 2.95. The number of carboxylic acid groups (broad SMARTS) is 1. The molecule has 1 aromatic carbocycles. The largest absolute Gasteiger partial charge is 0.481 e. The first kappa shape index (κ1) is 16.5. The van der Waals surface area contributed by atoms with Crippen LogP contribution < -0.4 is 4.72 Å². The fourth-order valence-corrected chi connectivity index (χ4v) is 3.41. The van der Waals surface area contributed by atoms with Crippen LogP contribution in [0.4, 0.5) is 0 Å². The molecule has 0 amide bonds. The van der Waals surface area contributed by atoms with Crippen LogP contribution in [0.1, 0.15) is 18.0 Å². The van der Waals surface area contributed by atoms with Gasteiger partial charge in [-0.25, -0.2) is 13.1 Å². The molecule has 0 bridgehead atoms. The van der Waals surface area contributed by atoms with Gasteiger partial charge in [-0.15, -0.1) is 0 Å². The number of aryl methyl sites for hydroxylation is 1. The summed E-state index contributed by atoms with van der Waals surface area (Å²) in [5.74, 6) is -1.14. The smallest absolute Gasteiger partial charge is 0.305 e. The number of nitrogens with one attached hydrogen (secondary N) is 1. The summed E-state index contributed by atoms with van der Waals surface area (Å²) in [4.78, 5) is 11.0. The number of carbonyl (C=O) groups is 1. The van der Waals surface area contributed by atoms with Crippen molar-refractivity contribution in [3.05, 3.63) is 47.2 Å². The number of hydrogen-bond donors (Lipinski definition) is 2. The highest BCUT2D eigenvalue weighted by Crippen LogP contribution is 2.26. The Morgan fingerprint density at radius 3 is 2.68 bits per heavy atom. The van der Waals surface area contributed by atoms with Gasteiger partial charge in [0.1, 0.15) is 4.90 Å². The summed E-state index contributed by atoms with van der Waals surface area (Å²) in [5.41, 5.74) is 0.402. The van der Waals surface area contributed by atoms with Gasteiger partial charge >= 0.3 is 5.97 Å². The highest BCUT2D eigenvalue weighted by molar-refractivity contribution is 7.89. The molecule has 2 rings (SSSR count). The summed E-state index contributed by atoms with van der Waals surface area (Å²) >= 11 is 6.04. The molecule has 0 saturated carbocycles. The second-order valence-corrected chi connectivity index (χ2v) is 6.76. The average molecular weight is 344 g/mol. The van der Waals surface area contributed by atoms with Crippen molar-refractivity contribution in [2.24, 2.45) is 7.05 Å². The van der Waals surface area contributed by atoms with Crippen molar-refractivity contribution in [1.82, 2.24) is 14.5 Å². The van der Waals surface area contributed by atoms with Crippen molar-refractivity contribution in [2.75, 3.05) is 0 Å². The molecular weight excluding hydrogens is 330 g/mol. The van der Waals surface area contributed by atoms with Crippen molar-refractivity contribution in [3.8, 4) is 0 Å². The summed E-state index contributed by atoms with van der Waals surface area (Å²) in [6, 6.07) is 5.52. The summed E-state index contributed by atoms with van der Waals surface area (Å²) < 4.78 is 28.4. The lowest BCUT2D eigenvalue weighted by Gasteiger charge is -2.18. The van der Waals surface area contributed by atoms with Crippen molar-refractivity contribution in [1.29, 1.82) is 0 Å². The highest BCUT2D eigenvalue weighted by Gasteiger charge is 2.25. The Morgan fingerprint density at radius 2 is 2.14 bits per heavy atom. The van der Waals surface area contributed by atoms with E-state index in [0.29, 0.717) is 10.6 Å². The van der Waals surface area contributed by atoms with Crippen molar-refractivity contribution >= 4 is 27.6 Å². The first-order chi connectivity index (χ1) is 10.3. The number of benzene rings is 1. The van der Waals surface area contributed by atoms with E-state index in [1.54, 1.807) is 31.3 Å². The molecule has 0 spiro atoms. The first-order valence-corrected chi connectivity index (χ1v) is 8.13. The van der Waals surface area contributed by atoms with E-state index in [2.05, 4.69) is 9.82 Å². The van der Waals surface area contributed by atoms with Crippen molar-refractivity contribution < 1.29 is 18.3 Å². The number of sulfonamides is 1. The minimum absolute atomic E-state index is 0.0440. The van der Waals surface area contributed by atoms with E-state index in [0.717, 1.165) is 0 Å². The van der Waals surface area contributed by atoms with Gasteiger partial charge in [-0.1, -0.05) is 29.8 Å². The van der Waals surface area contributed by atoms with E-state index in [1.165, 1.54) is 17.1 Å². The van der Waals surface area contributed by atoms with E-state index >= 15 is 0 Å². The molecule has 0 aliphatic rings. The summed E-state index contributed by atoms with van der Waals surface area (Å²) in [7, 11) is -2.32. The molecule has 7 nitrogen and oxygen atoms in total. The Kier molecular flexibility index (Phi) is 4.84. The SMILES string of the molecule is Cn1cc(S(=O)(=O)N[C@H](CC(=O)O)c2ccccc2Cl)cn1. The molecular formula is C13H14ClN3O4S. The van der Waals surface area contributed by atoms with Gasteiger partial charge in [0.15, 0.2) is 0 Å². The Bertz CT molecular complexity index is 788. The van der Waals surface area contributed by atoms with Gasteiger partial charge in [0.2, 0.25) is 10.0 Å². The third kappa shape index (κ3) is 3.85. The zero-order valence-corrected chi connectivity index (χ0v) is 13.2. The molecule has 118 valence electrons. The normalized spacial score (nSPS) is 13.0. The lowest BCUT2D eigenvalue weighted by molar-refractivity contribution is -0.137. The Hall–Kier alpha value is -1.90. The van der Waals surface area contributed by atoms with Crippen molar-refractivity contribution in [3.63, 3.8) is 0 Å². The lowest BCUT2D eigenvalue weighted by Crippen LogP contribution is -2.30. The van der Waals surface area contributed by atoms with Gasteiger partial charge in [0.05, 0.1) is 18.7 Å². The van der Waals surface area contributed by atoms with Gasteiger partial charge in [-0.2, -0.15) is 5.10 Å². The maximum Gasteiger partial charge on any atom is 0.305 e. The molecule has 0 aliphatic carbocycles. The fourth-order valence-electron chi connectivity index (χ4n) is 1.94. The van der Waals surface area contributed by atoms with Crippen LogP contribution in [-0.4, -0.2) is 29.3 Å². The maximum absolute atomic E-state index is 12.3. The zero-order valence-electron chi connectivity index (χ0n) is 11.6. The average Bonchev–Trinajstić information content (AvgIpc) is 2.85. The number of halogens is 1. The minimum atomic E-state index is -3.90. The monoisotopic (exact) mass is 343 g/mol. The van der Waals surface area contributed by atoms with Crippen LogP contribution in [0.5, 0.6) is 0 Å². The summed E-state index contributed by atoms with van der Waals surface area (Å²) in [6.45, 7) is 0. The number of aliphatic carboxylic acids is 1. The number of rotatable bonds is 6. The quantitative estimate of drug-likeness (QED) is 0.829. The predicted octanol–water partition coefficient (Wildman–Crippen LogP) is 1.57. The number of nitrogens with zero attached hydrogens (tertiary/aromatic N) is 2. The third-order valence-corrected chi connectivity index (χ3v) is 4.72. The van der Waals surface area contributed by atoms with Gasteiger partial charge in [-0.3, -0.25) is 9.48 Å².